The van der Waals surface area contributed by atoms with Crippen molar-refractivity contribution in [3.8, 4) is 0 Å². The number of carbonyl (C=O) groups excluding carboxylic acids is 2. The van der Waals surface area contributed by atoms with Crippen LogP contribution in [0.1, 0.15) is 86.8 Å². The number of amides is 2. The van der Waals surface area contributed by atoms with Gasteiger partial charge in [-0.15, -0.1) is 13.2 Å². The van der Waals surface area contributed by atoms with E-state index in [2.05, 4.69) is 36.3 Å². The van der Waals surface area contributed by atoms with Crippen LogP contribution in [-0.2, 0) is 16.0 Å². The van der Waals surface area contributed by atoms with E-state index < -0.39 is 5.41 Å². The first-order valence-electron chi connectivity index (χ1n) is 12.7. The quantitative estimate of drug-likeness (QED) is 0.392. The van der Waals surface area contributed by atoms with Crippen LogP contribution < -0.4 is 0 Å². The molecule has 5 nitrogen and oxygen atoms in total. The summed E-state index contributed by atoms with van der Waals surface area (Å²) in [5.74, 6) is 2.36. The molecule has 5 rings (SSSR count). The minimum atomic E-state index is -0.586. The van der Waals surface area contributed by atoms with Gasteiger partial charge in [0.25, 0.3) is 0 Å². The van der Waals surface area contributed by atoms with Crippen LogP contribution in [0.15, 0.2) is 47.9 Å². The molecule has 0 aromatic carbocycles. The zero-order valence-corrected chi connectivity index (χ0v) is 19.6. The number of furan rings is 1. The summed E-state index contributed by atoms with van der Waals surface area (Å²) in [4.78, 5) is 31.7. The smallest absolute Gasteiger partial charge is 0.232 e. The number of allylic oxidation sites excluding steroid dienone is 3. The fraction of sp³-hybridized carbons (Fsp3) is 0.571. The number of hydrogen-bond acceptors (Lipinski definition) is 3. The maximum absolute atomic E-state index is 14.2. The minimum Gasteiger partial charge on any atom is -0.464 e. The Kier molecular flexibility index (Phi) is 6.07. The second-order valence-electron chi connectivity index (χ2n) is 10.1. The molecule has 4 aliphatic rings. The summed E-state index contributed by atoms with van der Waals surface area (Å²) in [6.07, 6.45) is 16.9. The van der Waals surface area contributed by atoms with Gasteiger partial charge in [0.05, 0.1) is 11.5 Å². The van der Waals surface area contributed by atoms with Crippen molar-refractivity contribution >= 4 is 11.8 Å². The third kappa shape index (κ3) is 3.51. The van der Waals surface area contributed by atoms with E-state index in [0.29, 0.717) is 12.8 Å². The summed E-state index contributed by atoms with van der Waals surface area (Å²) in [7, 11) is 0. The number of carbonyl (C=O) groups is 2. The molecule has 0 saturated carbocycles. The third-order valence-electron chi connectivity index (χ3n) is 8.22. The predicted molar refractivity (Wildman–Crippen MR) is 129 cm³/mol. The summed E-state index contributed by atoms with van der Waals surface area (Å²) in [5.41, 5.74) is 0.590. The van der Waals surface area contributed by atoms with Crippen molar-refractivity contribution in [1.29, 1.82) is 0 Å². The second-order valence-corrected chi connectivity index (χ2v) is 10.1. The molecule has 2 amide bonds. The molecule has 4 heterocycles. The molecule has 0 radical (unpaired) electrons. The van der Waals surface area contributed by atoms with Gasteiger partial charge in [-0.05, 0) is 57.4 Å². The molecule has 5 heteroatoms. The van der Waals surface area contributed by atoms with E-state index in [-0.39, 0.29) is 29.8 Å². The number of piperidine rings is 1. The molecular weight excluding hydrogens is 412 g/mol. The lowest BCUT2D eigenvalue weighted by Crippen LogP contribution is -2.53. The molecule has 0 bridgehead atoms. The van der Waals surface area contributed by atoms with Gasteiger partial charge in [-0.3, -0.25) is 9.59 Å². The number of fused-ring (bicyclic) bond motifs is 5. The Balaban J connectivity index is 1.53. The van der Waals surface area contributed by atoms with Crippen LogP contribution in [0.3, 0.4) is 0 Å². The van der Waals surface area contributed by atoms with Gasteiger partial charge in [0.2, 0.25) is 11.8 Å². The highest BCUT2D eigenvalue weighted by Gasteiger charge is 2.69. The first-order chi connectivity index (χ1) is 16.1. The molecular formula is C28H36N2O3. The zero-order valence-electron chi connectivity index (χ0n) is 19.6. The van der Waals surface area contributed by atoms with E-state index in [1.54, 1.807) is 0 Å². The summed E-state index contributed by atoms with van der Waals surface area (Å²) in [6, 6.07) is 1.87. The molecule has 0 unspecified atom stereocenters. The number of nitrogens with zero attached hydrogens (tertiary/aromatic N) is 2. The van der Waals surface area contributed by atoms with Gasteiger partial charge in [-0.1, -0.05) is 24.3 Å². The molecule has 1 aromatic heterocycles. The Morgan fingerprint density at radius 2 is 2.03 bits per heavy atom. The molecule has 0 N–H and O–H groups in total. The lowest BCUT2D eigenvalue weighted by atomic mass is 9.67. The standard InChI is InChI=1S/C28H36N2O3/c1-3-5-7-11-16-29-17-15-23-22-18-21(13-6-4-2)33-25(22)26-28(23,27(29)32)19-20-12-9-8-10-14-24(31)30(20)26/h3-4,9,12,18,20,23,26H,1-2,5-8,10-11,13-17,19H2/b12-9-/t20-,23-,26-,28-/m0/s1. The summed E-state index contributed by atoms with van der Waals surface area (Å²) < 4.78 is 6.45. The number of rotatable bonds is 8. The Bertz CT molecular complexity index is 976. The molecule has 33 heavy (non-hydrogen) atoms. The molecule has 1 aliphatic carbocycles. The number of hydrogen-bond donors (Lipinski definition) is 0. The molecule has 1 aromatic rings. The van der Waals surface area contributed by atoms with Crippen LogP contribution >= 0.6 is 0 Å². The number of likely N-dealkylation sites (tertiary alicyclic amines) is 1. The number of unbranched alkanes of at least 4 members (excludes halogenated alkanes) is 2. The predicted octanol–water partition coefficient (Wildman–Crippen LogP) is 5.45. The maximum atomic E-state index is 14.2. The van der Waals surface area contributed by atoms with Gasteiger partial charge in [0.1, 0.15) is 17.6 Å². The first kappa shape index (κ1) is 22.2. The largest absolute Gasteiger partial charge is 0.464 e. The normalized spacial score (nSPS) is 31.3. The fourth-order valence-electron chi connectivity index (χ4n) is 6.79. The summed E-state index contributed by atoms with van der Waals surface area (Å²) in [5, 5.41) is 0. The van der Waals surface area contributed by atoms with Crippen LogP contribution in [0.25, 0.3) is 0 Å². The SMILES string of the molecule is C=CCCCCN1CC[C@H]2c3cc(CCC=C)oc3[C@@H]3N4C(=O)CCC/C=C\[C@H]4C[C@@]32C1=O. The van der Waals surface area contributed by atoms with E-state index in [1.807, 2.05) is 17.1 Å². The van der Waals surface area contributed by atoms with Crippen molar-refractivity contribution in [1.82, 2.24) is 9.80 Å². The minimum absolute atomic E-state index is 0.0233. The lowest BCUT2D eigenvalue weighted by molar-refractivity contribution is -0.151. The first-order valence-corrected chi connectivity index (χ1v) is 12.7. The summed E-state index contributed by atoms with van der Waals surface area (Å²) in [6.45, 7) is 9.22. The van der Waals surface area contributed by atoms with Crippen LogP contribution in [0.2, 0.25) is 0 Å². The average molecular weight is 449 g/mol. The average Bonchev–Trinajstić information content (AvgIpc) is 3.42. The summed E-state index contributed by atoms with van der Waals surface area (Å²) >= 11 is 0. The van der Waals surface area contributed by atoms with Crippen LogP contribution in [0.4, 0.5) is 0 Å². The van der Waals surface area contributed by atoms with Crippen molar-refractivity contribution in [3.05, 3.63) is 60.6 Å². The Morgan fingerprint density at radius 1 is 1.18 bits per heavy atom. The van der Waals surface area contributed by atoms with Crippen LogP contribution in [0, 0.1) is 5.41 Å². The van der Waals surface area contributed by atoms with Crippen LogP contribution in [-0.4, -0.2) is 40.7 Å². The maximum Gasteiger partial charge on any atom is 0.232 e. The van der Waals surface area contributed by atoms with Gasteiger partial charge >= 0.3 is 0 Å². The highest BCUT2D eigenvalue weighted by atomic mass is 16.3. The highest BCUT2D eigenvalue weighted by molar-refractivity contribution is 5.90. The van der Waals surface area contributed by atoms with Crippen molar-refractivity contribution in [2.24, 2.45) is 5.41 Å². The van der Waals surface area contributed by atoms with Gasteiger partial charge < -0.3 is 14.2 Å². The van der Waals surface area contributed by atoms with Gasteiger partial charge in [0, 0.05) is 37.4 Å². The molecule has 1 spiro atoms. The molecule has 2 fully saturated rings. The van der Waals surface area contributed by atoms with E-state index >= 15 is 0 Å². The third-order valence-corrected chi connectivity index (χ3v) is 8.22. The molecule has 3 aliphatic heterocycles. The van der Waals surface area contributed by atoms with Gasteiger partial charge in [-0.25, -0.2) is 0 Å². The van der Waals surface area contributed by atoms with Gasteiger partial charge in [0.15, 0.2) is 0 Å². The molecule has 4 atom stereocenters. The monoisotopic (exact) mass is 448 g/mol. The van der Waals surface area contributed by atoms with E-state index in [4.69, 9.17) is 4.42 Å². The highest BCUT2D eigenvalue weighted by Crippen LogP contribution is 2.67. The Hall–Kier alpha value is -2.56. The van der Waals surface area contributed by atoms with E-state index in [0.717, 1.165) is 76.0 Å². The van der Waals surface area contributed by atoms with Crippen molar-refractivity contribution < 1.29 is 14.0 Å². The van der Waals surface area contributed by atoms with Crippen molar-refractivity contribution in [2.45, 2.75) is 82.2 Å². The zero-order chi connectivity index (χ0) is 23.0. The molecule has 2 saturated heterocycles. The number of aryl methyl sites for hydroxylation is 1. The van der Waals surface area contributed by atoms with E-state index in [1.165, 1.54) is 5.56 Å². The van der Waals surface area contributed by atoms with Gasteiger partial charge in [-0.2, -0.15) is 0 Å². The topological polar surface area (TPSA) is 53.8 Å². The van der Waals surface area contributed by atoms with E-state index in [9.17, 15) is 9.59 Å². The van der Waals surface area contributed by atoms with Crippen molar-refractivity contribution in [2.75, 3.05) is 13.1 Å². The lowest BCUT2D eigenvalue weighted by Gasteiger charge is -2.44. The Labute approximate surface area is 197 Å². The molecule has 176 valence electrons. The van der Waals surface area contributed by atoms with Crippen molar-refractivity contribution in [3.63, 3.8) is 0 Å². The Morgan fingerprint density at radius 3 is 2.85 bits per heavy atom. The van der Waals surface area contributed by atoms with Crippen LogP contribution in [0.5, 0.6) is 0 Å². The fourth-order valence-corrected chi connectivity index (χ4v) is 6.79. The second kappa shape index (κ2) is 9.00.